The Hall–Kier alpha value is -1.35. The maximum absolute atomic E-state index is 11.5. The number of aliphatic hydroxyl groups excluding tert-OH is 1. The molecule has 3 nitrogen and oxygen atoms in total. The lowest BCUT2D eigenvalue weighted by molar-refractivity contribution is -0.138. The molecule has 0 amide bonds. The molecule has 3 aliphatic rings. The molecule has 0 aromatic rings. The first-order chi connectivity index (χ1) is 15.2. The smallest absolute Gasteiger partial charge is 0.303 e. The van der Waals surface area contributed by atoms with Crippen LogP contribution in [0.2, 0.25) is 0 Å². The van der Waals surface area contributed by atoms with Gasteiger partial charge in [0.1, 0.15) is 0 Å². The van der Waals surface area contributed by atoms with E-state index in [1.807, 2.05) is 0 Å². The lowest BCUT2D eigenvalue weighted by atomic mass is 9.46. The summed E-state index contributed by atoms with van der Waals surface area (Å²) in [6.45, 7) is 22.5. The molecule has 0 bridgehead atoms. The fourth-order valence-electron chi connectivity index (χ4n) is 8.56. The van der Waals surface area contributed by atoms with Gasteiger partial charge in [0.2, 0.25) is 0 Å². The minimum absolute atomic E-state index is 0.0618. The molecule has 7 unspecified atom stereocenters. The van der Waals surface area contributed by atoms with Gasteiger partial charge in [0.25, 0.3) is 0 Å². The zero-order chi connectivity index (χ0) is 24.8. The second-order valence-corrected chi connectivity index (χ2v) is 12.8. The normalized spacial score (nSPS) is 40.6. The van der Waals surface area contributed by atoms with E-state index in [0.29, 0.717) is 30.1 Å². The highest BCUT2D eigenvalue weighted by Gasteiger charge is 2.56. The van der Waals surface area contributed by atoms with Crippen molar-refractivity contribution in [1.82, 2.24) is 0 Å². The number of carbonyl (C=O) groups is 1. The van der Waals surface area contributed by atoms with E-state index in [-0.39, 0.29) is 28.8 Å². The Balaban J connectivity index is 1.88. The maximum atomic E-state index is 11.5. The van der Waals surface area contributed by atoms with Crippen LogP contribution in [0.5, 0.6) is 0 Å². The predicted octanol–water partition coefficient (Wildman–Crippen LogP) is 7.57. The van der Waals surface area contributed by atoms with Crippen molar-refractivity contribution in [1.29, 1.82) is 0 Å². The predicted molar refractivity (Wildman–Crippen MR) is 137 cm³/mol. The summed E-state index contributed by atoms with van der Waals surface area (Å²) in [5, 5.41) is 20.2. The summed E-state index contributed by atoms with van der Waals surface area (Å²) < 4.78 is 0. The van der Waals surface area contributed by atoms with Crippen molar-refractivity contribution in [2.24, 2.45) is 39.9 Å². The number of carboxylic acid groups (broad SMARTS) is 1. The zero-order valence-corrected chi connectivity index (χ0v) is 22.0. The number of aliphatic carboxylic acids is 1. The standard InChI is InChI=1S/C30H48O3/c1-19(2)22-11-9-20(3)23(29(22,7)18-16-27(32)33)12-13-24-21(4)10-14-25-28(5,6)26(31)15-17-30(24,25)8/h9,22-26,31H,1,4,10-18H2,2-3,5-8H3,(H,32,33). The van der Waals surface area contributed by atoms with E-state index in [0.717, 1.165) is 44.9 Å². The minimum Gasteiger partial charge on any atom is -0.481 e. The summed E-state index contributed by atoms with van der Waals surface area (Å²) >= 11 is 0. The second-order valence-electron chi connectivity index (χ2n) is 12.8. The van der Waals surface area contributed by atoms with Crippen LogP contribution in [-0.2, 0) is 4.79 Å². The molecule has 7 atom stereocenters. The number of aliphatic hydroxyl groups is 1. The van der Waals surface area contributed by atoms with E-state index >= 15 is 0 Å². The van der Waals surface area contributed by atoms with Gasteiger partial charge < -0.3 is 10.2 Å². The van der Waals surface area contributed by atoms with Crippen LogP contribution in [-0.4, -0.2) is 22.3 Å². The molecule has 2 saturated carbocycles. The fourth-order valence-corrected chi connectivity index (χ4v) is 8.56. The van der Waals surface area contributed by atoms with Crippen molar-refractivity contribution >= 4 is 5.97 Å². The molecule has 2 N–H and O–H groups in total. The molecule has 0 aromatic heterocycles. The number of hydrogen-bond acceptors (Lipinski definition) is 2. The Morgan fingerprint density at radius 3 is 2.39 bits per heavy atom. The second kappa shape index (κ2) is 9.36. The first-order valence-electron chi connectivity index (χ1n) is 13.1. The van der Waals surface area contributed by atoms with Crippen LogP contribution < -0.4 is 0 Å². The van der Waals surface area contributed by atoms with Crippen LogP contribution in [0.25, 0.3) is 0 Å². The topological polar surface area (TPSA) is 57.5 Å². The number of carboxylic acids is 1. The third-order valence-corrected chi connectivity index (χ3v) is 10.6. The van der Waals surface area contributed by atoms with Crippen LogP contribution in [0.3, 0.4) is 0 Å². The molecule has 0 heterocycles. The largest absolute Gasteiger partial charge is 0.481 e. The average Bonchev–Trinajstić information content (AvgIpc) is 2.71. The van der Waals surface area contributed by atoms with E-state index < -0.39 is 5.97 Å². The van der Waals surface area contributed by atoms with Gasteiger partial charge in [-0.1, -0.05) is 63.6 Å². The van der Waals surface area contributed by atoms with Crippen molar-refractivity contribution < 1.29 is 15.0 Å². The minimum atomic E-state index is -0.707. The van der Waals surface area contributed by atoms with Gasteiger partial charge in [-0.05, 0) is 105 Å². The molecule has 0 aromatic carbocycles. The Kier molecular flexibility index (Phi) is 7.45. The number of allylic oxidation sites excluding steroid dienone is 4. The van der Waals surface area contributed by atoms with Crippen LogP contribution in [0.1, 0.15) is 99.3 Å². The molecule has 0 saturated heterocycles. The molecule has 0 spiro atoms. The van der Waals surface area contributed by atoms with Gasteiger partial charge in [-0.15, -0.1) is 0 Å². The highest BCUT2D eigenvalue weighted by molar-refractivity contribution is 5.66. The lowest BCUT2D eigenvalue weighted by Crippen LogP contribution is -2.54. The van der Waals surface area contributed by atoms with Crippen LogP contribution >= 0.6 is 0 Å². The highest BCUT2D eigenvalue weighted by Crippen LogP contribution is 2.62. The summed E-state index contributed by atoms with van der Waals surface area (Å²) in [4.78, 5) is 11.5. The van der Waals surface area contributed by atoms with Gasteiger partial charge in [0, 0.05) is 6.42 Å². The molecule has 3 heteroatoms. The van der Waals surface area contributed by atoms with E-state index in [1.54, 1.807) is 0 Å². The summed E-state index contributed by atoms with van der Waals surface area (Å²) in [6.07, 6.45) is 10.3. The third kappa shape index (κ3) is 4.64. The van der Waals surface area contributed by atoms with Crippen molar-refractivity contribution in [3.8, 4) is 0 Å². The Morgan fingerprint density at radius 1 is 1.15 bits per heavy atom. The Bertz CT molecular complexity index is 820. The summed E-state index contributed by atoms with van der Waals surface area (Å²) in [5.41, 5.74) is 4.02. The summed E-state index contributed by atoms with van der Waals surface area (Å²) in [7, 11) is 0. The van der Waals surface area contributed by atoms with Gasteiger partial charge in [-0.2, -0.15) is 0 Å². The van der Waals surface area contributed by atoms with Gasteiger partial charge >= 0.3 is 5.97 Å². The molecular formula is C30H48O3. The Labute approximate surface area is 202 Å². The first kappa shape index (κ1) is 26.3. The summed E-state index contributed by atoms with van der Waals surface area (Å²) in [6, 6.07) is 0. The first-order valence-corrected chi connectivity index (χ1v) is 13.1. The van der Waals surface area contributed by atoms with Gasteiger partial charge in [-0.3, -0.25) is 4.79 Å². The Morgan fingerprint density at radius 2 is 1.79 bits per heavy atom. The van der Waals surface area contributed by atoms with Crippen molar-refractivity contribution in [3.05, 3.63) is 36.0 Å². The lowest BCUT2D eigenvalue weighted by Gasteiger charge is -2.60. The molecular weight excluding hydrogens is 408 g/mol. The summed E-state index contributed by atoms with van der Waals surface area (Å²) in [5.74, 6) is 0.957. The zero-order valence-electron chi connectivity index (χ0n) is 22.0. The van der Waals surface area contributed by atoms with Crippen LogP contribution in [0, 0.1) is 39.9 Å². The van der Waals surface area contributed by atoms with Gasteiger partial charge in [0.05, 0.1) is 6.10 Å². The van der Waals surface area contributed by atoms with Gasteiger partial charge in [-0.25, -0.2) is 0 Å². The van der Waals surface area contributed by atoms with E-state index in [4.69, 9.17) is 0 Å². The molecule has 3 rings (SSSR count). The van der Waals surface area contributed by atoms with Crippen molar-refractivity contribution in [3.63, 3.8) is 0 Å². The third-order valence-electron chi connectivity index (χ3n) is 10.6. The SMILES string of the molecule is C=C(C)C1CC=C(C)C(CCC2C(=C)CCC3C(C)(C)C(O)CCC23C)C1(C)CCC(=O)O. The van der Waals surface area contributed by atoms with E-state index in [1.165, 1.54) is 16.7 Å². The maximum Gasteiger partial charge on any atom is 0.303 e. The number of hydrogen-bond donors (Lipinski definition) is 2. The van der Waals surface area contributed by atoms with Crippen LogP contribution in [0.15, 0.2) is 36.0 Å². The molecule has 186 valence electrons. The number of rotatable bonds is 7. The molecule has 33 heavy (non-hydrogen) atoms. The van der Waals surface area contributed by atoms with Gasteiger partial charge in [0.15, 0.2) is 0 Å². The molecule has 0 aliphatic heterocycles. The highest BCUT2D eigenvalue weighted by atomic mass is 16.4. The van der Waals surface area contributed by atoms with E-state index in [9.17, 15) is 15.0 Å². The van der Waals surface area contributed by atoms with Crippen molar-refractivity contribution in [2.75, 3.05) is 0 Å². The van der Waals surface area contributed by atoms with Crippen molar-refractivity contribution in [2.45, 2.75) is 105 Å². The quantitative estimate of drug-likeness (QED) is 0.388. The molecule has 3 aliphatic carbocycles. The average molecular weight is 457 g/mol. The fraction of sp³-hybridized carbons (Fsp3) is 0.767. The monoisotopic (exact) mass is 456 g/mol. The number of fused-ring (bicyclic) bond motifs is 1. The van der Waals surface area contributed by atoms with Crippen LogP contribution in [0.4, 0.5) is 0 Å². The van der Waals surface area contributed by atoms with E-state index in [2.05, 4.69) is 60.8 Å². The molecule has 2 fully saturated rings. The molecule has 0 radical (unpaired) electrons.